The average Bonchev–Trinajstić information content (AvgIpc) is 3.38. The molecule has 160 valence electrons. The van der Waals surface area contributed by atoms with Crippen molar-refractivity contribution in [1.82, 2.24) is 15.1 Å². The summed E-state index contributed by atoms with van der Waals surface area (Å²) in [7, 11) is 3.14. The minimum Gasteiger partial charge on any atom is -0.497 e. The molecule has 4 rings (SSSR count). The molecule has 0 saturated carbocycles. The minimum atomic E-state index is -0.584. The normalized spacial score (nSPS) is 23.5. The Hall–Kier alpha value is -3.00. The van der Waals surface area contributed by atoms with Crippen LogP contribution in [0, 0.1) is 0 Å². The number of benzene rings is 1. The maximum absolute atomic E-state index is 13.4. The van der Waals surface area contributed by atoms with Crippen molar-refractivity contribution >= 4 is 11.9 Å². The van der Waals surface area contributed by atoms with Crippen molar-refractivity contribution in [2.75, 3.05) is 40.5 Å². The Morgan fingerprint density at radius 2 is 1.97 bits per heavy atom. The van der Waals surface area contributed by atoms with Crippen LogP contribution >= 0.6 is 0 Å². The Balaban J connectivity index is 1.72. The van der Waals surface area contributed by atoms with Gasteiger partial charge in [0.25, 0.3) is 5.91 Å². The van der Waals surface area contributed by atoms with Gasteiger partial charge in [-0.05, 0) is 30.5 Å². The first kappa shape index (κ1) is 20.3. The Labute approximate surface area is 176 Å². The molecule has 8 nitrogen and oxygen atoms in total. The summed E-state index contributed by atoms with van der Waals surface area (Å²) in [6, 6.07) is 4.55. The first-order chi connectivity index (χ1) is 14.5. The fourth-order valence-corrected chi connectivity index (χ4v) is 4.30. The number of amides is 3. The molecule has 1 aromatic rings. The number of nitrogens with one attached hydrogen (secondary N) is 1. The van der Waals surface area contributed by atoms with Gasteiger partial charge in [-0.25, -0.2) is 4.79 Å². The highest BCUT2D eigenvalue weighted by molar-refractivity contribution is 6.01. The molecule has 0 aromatic heterocycles. The molecule has 0 radical (unpaired) electrons. The number of carbonyl (C=O) groups excluding carboxylic acids is 2. The van der Waals surface area contributed by atoms with Gasteiger partial charge in [0.1, 0.15) is 11.5 Å². The highest BCUT2D eigenvalue weighted by atomic mass is 16.5. The van der Waals surface area contributed by atoms with E-state index in [0.717, 1.165) is 25.0 Å². The molecule has 3 amide bonds. The number of hydrogen-bond donors (Lipinski definition) is 1. The van der Waals surface area contributed by atoms with E-state index >= 15 is 0 Å². The van der Waals surface area contributed by atoms with Gasteiger partial charge in [-0.3, -0.25) is 9.69 Å². The second-order valence-electron chi connectivity index (χ2n) is 7.61. The lowest BCUT2D eigenvalue weighted by Crippen LogP contribution is -2.47. The van der Waals surface area contributed by atoms with Crippen molar-refractivity contribution in [2.24, 2.45) is 0 Å². The fourth-order valence-electron chi connectivity index (χ4n) is 4.30. The molecule has 0 aliphatic carbocycles. The summed E-state index contributed by atoms with van der Waals surface area (Å²) in [4.78, 5) is 29.7. The van der Waals surface area contributed by atoms with Crippen molar-refractivity contribution in [3.63, 3.8) is 0 Å². The summed E-state index contributed by atoms with van der Waals surface area (Å²) < 4.78 is 16.5. The molecular formula is C22H27N3O5. The molecule has 1 fully saturated rings. The van der Waals surface area contributed by atoms with Crippen molar-refractivity contribution in [1.29, 1.82) is 0 Å². The lowest BCUT2D eigenvalue weighted by molar-refractivity contribution is -0.127. The van der Waals surface area contributed by atoms with Crippen LogP contribution in [0.5, 0.6) is 11.5 Å². The van der Waals surface area contributed by atoms with Gasteiger partial charge in [-0.1, -0.05) is 6.08 Å². The highest BCUT2D eigenvalue weighted by Gasteiger charge is 2.44. The maximum atomic E-state index is 13.4. The number of carbonyl (C=O) groups is 2. The quantitative estimate of drug-likeness (QED) is 0.694. The summed E-state index contributed by atoms with van der Waals surface area (Å²) in [6.45, 7) is 5.72. The van der Waals surface area contributed by atoms with E-state index in [9.17, 15) is 9.59 Å². The van der Waals surface area contributed by atoms with Crippen LogP contribution in [0.4, 0.5) is 4.79 Å². The third kappa shape index (κ3) is 3.63. The third-order valence-corrected chi connectivity index (χ3v) is 5.76. The molecule has 2 atom stereocenters. The summed E-state index contributed by atoms with van der Waals surface area (Å²) in [5.41, 5.74) is 2.02. The number of methoxy groups -OCH3 is 2. The predicted molar refractivity (Wildman–Crippen MR) is 110 cm³/mol. The molecule has 3 aliphatic heterocycles. The van der Waals surface area contributed by atoms with Gasteiger partial charge in [0.15, 0.2) is 0 Å². The average molecular weight is 413 g/mol. The number of urea groups is 1. The lowest BCUT2D eigenvalue weighted by Gasteiger charge is -2.33. The Morgan fingerprint density at radius 3 is 2.57 bits per heavy atom. The van der Waals surface area contributed by atoms with Gasteiger partial charge >= 0.3 is 6.03 Å². The zero-order valence-electron chi connectivity index (χ0n) is 17.3. The van der Waals surface area contributed by atoms with E-state index in [1.807, 2.05) is 12.1 Å². The number of nitrogens with zero attached hydrogens (tertiary/aromatic N) is 2. The molecule has 0 spiro atoms. The zero-order chi connectivity index (χ0) is 21.3. The molecule has 8 heteroatoms. The SMILES string of the molecule is C=CCN1C(=O)N[C@@H](c2cc(OC)cc(OC)c2)C2=C1CN(C[C@H]1CCCO1)C2=O. The van der Waals surface area contributed by atoms with Crippen molar-refractivity contribution in [3.8, 4) is 11.5 Å². The molecule has 1 aromatic carbocycles. The van der Waals surface area contributed by atoms with E-state index in [0.29, 0.717) is 42.4 Å². The van der Waals surface area contributed by atoms with Crippen LogP contribution in [0.2, 0.25) is 0 Å². The van der Waals surface area contributed by atoms with Crippen molar-refractivity contribution < 1.29 is 23.8 Å². The molecule has 0 unspecified atom stereocenters. The monoisotopic (exact) mass is 413 g/mol. The van der Waals surface area contributed by atoms with E-state index in [2.05, 4.69) is 11.9 Å². The van der Waals surface area contributed by atoms with Gasteiger partial charge in [0.2, 0.25) is 0 Å². The Bertz CT molecular complexity index is 869. The standard InChI is InChI=1S/C22H27N3O5/c1-4-7-25-18-13-24(12-15-6-5-8-30-15)21(26)19(18)20(23-22(25)27)14-9-16(28-2)11-17(10-14)29-3/h4,9-11,15,20H,1,5-8,12-13H2,2-3H3,(H,23,27)/t15-,20+/m1/s1. The van der Waals surface area contributed by atoms with Gasteiger partial charge in [0.05, 0.1) is 44.2 Å². The number of ether oxygens (including phenoxy) is 3. The van der Waals surface area contributed by atoms with E-state index in [-0.39, 0.29) is 18.0 Å². The second kappa shape index (κ2) is 8.39. The van der Waals surface area contributed by atoms with Crippen LogP contribution in [0.15, 0.2) is 42.1 Å². The summed E-state index contributed by atoms with van der Waals surface area (Å²) in [5.74, 6) is 1.10. The smallest absolute Gasteiger partial charge is 0.322 e. The van der Waals surface area contributed by atoms with Crippen LogP contribution in [0.3, 0.4) is 0 Å². The van der Waals surface area contributed by atoms with E-state index in [1.165, 1.54) is 0 Å². The molecule has 3 aliphatic rings. The van der Waals surface area contributed by atoms with Crippen LogP contribution in [0.25, 0.3) is 0 Å². The van der Waals surface area contributed by atoms with Gasteiger partial charge in [-0.15, -0.1) is 6.58 Å². The van der Waals surface area contributed by atoms with Crippen LogP contribution < -0.4 is 14.8 Å². The van der Waals surface area contributed by atoms with Crippen LogP contribution in [-0.4, -0.2) is 68.3 Å². The van der Waals surface area contributed by atoms with Crippen LogP contribution in [-0.2, 0) is 9.53 Å². The summed E-state index contributed by atoms with van der Waals surface area (Å²) in [5, 5.41) is 2.98. The van der Waals surface area contributed by atoms with Gasteiger partial charge < -0.3 is 24.4 Å². The molecule has 30 heavy (non-hydrogen) atoms. The van der Waals surface area contributed by atoms with Gasteiger partial charge in [-0.2, -0.15) is 0 Å². The fraction of sp³-hybridized carbons (Fsp3) is 0.455. The maximum Gasteiger partial charge on any atom is 0.322 e. The summed E-state index contributed by atoms with van der Waals surface area (Å²) in [6.07, 6.45) is 3.65. The first-order valence-corrected chi connectivity index (χ1v) is 10.1. The van der Waals surface area contributed by atoms with Gasteiger partial charge in [0, 0.05) is 25.8 Å². The Morgan fingerprint density at radius 1 is 1.23 bits per heavy atom. The Kier molecular flexibility index (Phi) is 5.67. The first-order valence-electron chi connectivity index (χ1n) is 10.1. The molecule has 1 N–H and O–H groups in total. The summed E-state index contributed by atoms with van der Waals surface area (Å²) >= 11 is 0. The van der Waals surface area contributed by atoms with Crippen LogP contribution in [0.1, 0.15) is 24.4 Å². The van der Waals surface area contributed by atoms with Crippen molar-refractivity contribution in [3.05, 3.63) is 47.7 Å². The molecule has 3 heterocycles. The predicted octanol–water partition coefficient (Wildman–Crippen LogP) is 2.23. The molecule has 1 saturated heterocycles. The largest absolute Gasteiger partial charge is 0.497 e. The van der Waals surface area contributed by atoms with E-state index < -0.39 is 6.04 Å². The number of rotatable bonds is 7. The lowest BCUT2D eigenvalue weighted by atomic mass is 9.95. The molecular weight excluding hydrogens is 386 g/mol. The van der Waals surface area contributed by atoms with E-state index in [4.69, 9.17) is 14.2 Å². The van der Waals surface area contributed by atoms with Crippen molar-refractivity contribution in [2.45, 2.75) is 25.0 Å². The zero-order valence-corrected chi connectivity index (χ0v) is 17.3. The second-order valence-corrected chi connectivity index (χ2v) is 7.61. The highest BCUT2D eigenvalue weighted by Crippen LogP contribution is 2.38. The number of hydrogen-bond acceptors (Lipinski definition) is 5. The van der Waals surface area contributed by atoms with E-state index in [1.54, 1.807) is 36.2 Å². The topological polar surface area (TPSA) is 80.3 Å². The molecule has 0 bridgehead atoms. The minimum absolute atomic E-state index is 0.0437. The third-order valence-electron chi connectivity index (χ3n) is 5.76.